The zero-order valence-corrected chi connectivity index (χ0v) is 11.9. The first-order valence-electron chi connectivity index (χ1n) is 7.21. The summed E-state index contributed by atoms with van der Waals surface area (Å²) in [6, 6.07) is 8.49. The van der Waals surface area contributed by atoms with Crippen LogP contribution in [-0.4, -0.2) is 25.4 Å². The van der Waals surface area contributed by atoms with Crippen molar-refractivity contribution in [2.45, 2.75) is 38.6 Å². The van der Waals surface area contributed by atoms with Gasteiger partial charge in [0.2, 0.25) is 0 Å². The minimum absolute atomic E-state index is 0.122. The number of carbonyl (C=O) groups excluding carboxylic acids is 1. The highest BCUT2D eigenvalue weighted by Gasteiger charge is 2.19. The molecule has 104 valence electrons. The molecule has 0 heterocycles. The molecule has 0 unspecified atom stereocenters. The monoisotopic (exact) mass is 260 g/mol. The predicted molar refractivity (Wildman–Crippen MR) is 79.7 cm³/mol. The summed E-state index contributed by atoms with van der Waals surface area (Å²) in [6.45, 7) is 2.64. The van der Waals surface area contributed by atoms with Crippen LogP contribution in [0, 0.1) is 5.92 Å². The van der Waals surface area contributed by atoms with Crippen LogP contribution in [-0.2, 0) is 0 Å². The molecule has 3 heteroatoms. The standard InChI is InChI=1S/C16H24N2O/c1-12(19)14-5-9-16(10-6-14)18-11-13-3-7-15(17-2)8-4-13/h5-6,9-10,13,15,17-18H,3-4,7-8,11H2,1-2H3. The third kappa shape index (κ3) is 4.06. The maximum Gasteiger partial charge on any atom is 0.159 e. The van der Waals surface area contributed by atoms with Crippen LogP contribution in [0.2, 0.25) is 0 Å². The third-order valence-corrected chi connectivity index (χ3v) is 4.14. The van der Waals surface area contributed by atoms with Crippen molar-refractivity contribution in [2.24, 2.45) is 5.92 Å². The van der Waals surface area contributed by atoms with E-state index in [1.54, 1.807) is 6.92 Å². The zero-order valence-electron chi connectivity index (χ0n) is 11.9. The SMILES string of the molecule is CNC1CCC(CNc2ccc(C(C)=O)cc2)CC1. The first-order chi connectivity index (χ1) is 9.19. The van der Waals surface area contributed by atoms with Crippen molar-refractivity contribution in [3.63, 3.8) is 0 Å². The van der Waals surface area contributed by atoms with Gasteiger partial charge in [0.15, 0.2) is 5.78 Å². The van der Waals surface area contributed by atoms with E-state index in [-0.39, 0.29) is 5.78 Å². The molecule has 0 radical (unpaired) electrons. The molecule has 19 heavy (non-hydrogen) atoms. The first-order valence-corrected chi connectivity index (χ1v) is 7.21. The third-order valence-electron chi connectivity index (χ3n) is 4.14. The number of rotatable bonds is 5. The average Bonchev–Trinajstić information content (AvgIpc) is 2.46. The molecule has 0 spiro atoms. The van der Waals surface area contributed by atoms with Crippen LogP contribution >= 0.6 is 0 Å². The molecule has 0 amide bonds. The van der Waals surface area contributed by atoms with Gasteiger partial charge in [-0.25, -0.2) is 0 Å². The number of hydrogen-bond donors (Lipinski definition) is 2. The fourth-order valence-electron chi connectivity index (χ4n) is 2.74. The van der Waals surface area contributed by atoms with Crippen LogP contribution in [0.5, 0.6) is 0 Å². The van der Waals surface area contributed by atoms with Crippen molar-refractivity contribution in [1.29, 1.82) is 0 Å². The van der Waals surface area contributed by atoms with E-state index in [1.165, 1.54) is 25.7 Å². The van der Waals surface area contributed by atoms with Gasteiger partial charge in [0.1, 0.15) is 0 Å². The summed E-state index contributed by atoms with van der Waals surface area (Å²) < 4.78 is 0. The van der Waals surface area contributed by atoms with Gasteiger partial charge in [-0.2, -0.15) is 0 Å². The van der Waals surface area contributed by atoms with Crippen LogP contribution in [0.3, 0.4) is 0 Å². The molecule has 3 nitrogen and oxygen atoms in total. The van der Waals surface area contributed by atoms with E-state index in [0.717, 1.165) is 23.7 Å². The topological polar surface area (TPSA) is 41.1 Å². The molecule has 1 aromatic rings. The fraction of sp³-hybridized carbons (Fsp3) is 0.562. The Labute approximate surface area is 115 Å². The maximum absolute atomic E-state index is 11.2. The Morgan fingerprint density at radius 2 is 1.79 bits per heavy atom. The van der Waals surface area contributed by atoms with Crippen molar-refractivity contribution in [3.05, 3.63) is 29.8 Å². The number of Topliss-reactive ketones (excluding diaryl/α,β-unsaturated/α-hetero) is 1. The number of carbonyl (C=O) groups is 1. The second kappa shape index (κ2) is 6.71. The number of hydrogen-bond acceptors (Lipinski definition) is 3. The van der Waals surface area contributed by atoms with E-state index in [2.05, 4.69) is 17.7 Å². The average molecular weight is 260 g/mol. The summed E-state index contributed by atoms with van der Waals surface area (Å²) in [5, 5.41) is 6.84. The second-order valence-corrected chi connectivity index (χ2v) is 5.52. The van der Waals surface area contributed by atoms with Crippen LogP contribution in [0.1, 0.15) is 43.0 Å². The molecule has 0 aliphatic heterocycles. The summed E-state index contributed by atoms with van der Waals surface area (Å²) in [5.41, 5.74) is 1.89. The molecule has 1 fully saturated rings. The number of anilines is 1. The smallest absolute Gasteiger partial charge is 0.159 e. The largest absolute Gasteiger partial charge is 0.385 e. The number of benzene rings is 1. The van der Waals surface area contributed by atoms with E-state index >= 15 is 0 Å². The highest BCUT2D eigenvalue weighted by Crippen LogP contribution is 2.24. The second-order valence-electron chi connectivity index (χ2n) is 5.52. The minimum Gasteiger partial charge on any atom is -0.385 e. The van der Waals surface area contributed by atoms with Gasteiger partial charge < -0.3 is 10.6 Å². The molecule has 1 aliphatic carbocycles. The van der Waals surface area contributed by atoms with Crippen LogP contribution in [0.25, 0.3) is 0 Å². The Morgan fingerprint density at radius 3 is 2.32 bits per heavy atom. The molecular formula is C16H24N2O. The lowest BCUT2D eigenvalue weighted by Gasteiger charge is -2.28. The Hall–Kier alpha value is -1.35. The Morgan fingerprint density at radius 1 is 1.16 bits per heavy atom. The highest BCUT2D eigenvalue weighted by molar-refractivity contribution is 5.94. The summed E-state index contributed by atoms with van der Waals surface area (Å²) in [7, 11) is 2.06. The molecule has 0 aromatic heterocycles. The molecule has 1 aliphatic rings. The zero-order chi connectivity index (χ0) is 13.7. The lowest BCUT2D eigenvalue weighted by atomic mass is 9.86. The van der Waals surface area contributed by atoms with Crippen molar-refractivity contribution in [3.8, 4) is 0 Å². The number of ketones is 1. The minimum atomic E-state index is 0.122. The lowest BCUT2D eigenvalue weighted by Crippen LogP contribution is -2.32. The van der Waals surface area contributed by atoms with Crippen LogP contribution in [0.15, 0.2) is 24.3 Å². The highest BCUT2D eigenvalue weighted by atomic mass is 16.1. The molecule has 1 aromatic carbocycles. The van der Waals surface area contributed by atoms with Crippen LogP contribution < -0.4 is 10.6 Å². The van der Waals surface area contributed by atoms with E-state index in [9.17, 15) is 4.79 Å². The maximum atomic E-state index is 11.2. The van der Waals surface area contributed by atoms with Crippen LogP contribution in [0.4, 0.5) is 5.69 Å². The molecule has 0 saturated heterocycles. The summed E-state index contributed by atoms with van der Waals surface area (Å²) in [5.74, 6) is 0.897. The molecule has 2 rings (SSSR count). The van der Waals surface area contributed by atoms with Gasteiger partial charge in [-0.3, -0.25) is 4.79 Å². The van der Waals surface area contributed by atoms with E-state index < -0.39 is 0 Å². The molecular weight excluding hydrogens is 236 g/mol. The van der Waals surface area contributed by atoms with Gasteiger partial charge in [-0.15, -0.1) is 0 Å². The Balaban J connectivity index is 1.78. The van der Waals surface area contributed by atoms with Gasteiger partial charge >= 0.3 is 0 Å². The molecule has 0 bridgehead atoms. The van der Waals surface area contributed by atoms with Gasteiger partial charge in [0.25, 0.3) is 0 Å². The van der Waals surface area contributed by atoms with Crippen molar-refractivity contribution in [1.82, 2.24) is 5.32 Å². The lowest BCUT2D eigenvalue weighted by molar-refractivity contribution is 0.101. The number of nitrogens with one attached hydrogen (secondary N) is 2. The van der Waals surface area contributed by atoms with E-state index in [4.69, 9.17) is 0 Å². The quantitative estimate of drug-likeness (QED) is 0.799. The fourth-order valence-corrected chi connectivity index (χ4v) is 2.74. The van der Waals surface area contributed by atoms with Crippen molar-refractivity contribution < 1.29 is 4.79 Å². The van der Waals surface area contributed by atoms with E-state index in [0.29, 0.717) is 6.04 Å². The first kappa shape index (κ1) is 14.1. The Bertz CT molecular complexity index is 405. The normalized spacial score (nSPS) is 23.1. The predicted octanol–water partition coefficient (Wildman–Crippen LogP) is 3.08. The van der Waals surface area contributed by atoms with Gasteiger partial charge in [0.05, 0.1) is 0 Å². The van der Waals surface area contributed by atoms with Crippen molar-refractivity contribution >= 4 is 11.5 Å². The molecule has 2 N–H and O–H groups in total. The summed E-state index contributed by atoms with van der Waals surface area (Å²) in [6.07, 6.45) is 5.16. The Kier molecular flexibility index (Phi) is 4.97. The van der Waals surface area contributed by atoms with E-state index in [1.807, 2.05) is 24.3 Å². The van der Waals surface area contributed by atoms with Crippen molar-refractivity contribution in [2.75, 3.05) is 18.9 Å². The molecule has 0 atom stereocenters. The van der Waals surface area contributed by atoms with Gasteiger partial charge in [-0.05, 0) is 69.8 Å². The summed E-state index contributed by atoms with van der Waals surface area (Å²) in [4.78, 5) is 11.2. The molecule has 1 saturated carbocycles. The summed E-state index contributed by atoms with van der Waals surface area (Å²) >= 11 is 0. The van der Waals surface area contributed by atoms with Gasteiger partial charge in [-0.1, -0.05) is 0 Å². The van der Waals surface area contributed by atoms with Gasteiger partial charge in [0, 0.05) is 23.8 Å².